The van der Waals surface area contributed by atoms with Crippen molar-refractivity contribution in [3.63, 3.8) is 0 Å². The first-order valence-corrected chi connectivity index (χ1v) is 23.9. The lowest BCUT2D eigenvalue weighted by Gasteiger charge is -2.39. The molecule has 324 valence electrons. The number of nitrogens with one attached hydrogen (secondary N) is 3. The van der Waals surface area contributed by atoms with E-state index in [2.05, 4.69) is 55.5 Å². The minimum absolute atomic E-state index is 0.00338. The average molecular weight is 856 g/mol. The Kier molecular flexibility index (Phi) is 14.8. The number of hydrogen-bond donors (Lipinski definition) is 5. The third-order valence-electron chi connectivity index (χ3n) is 11.5. The predicted octanol–water partition coefficient (Wildman–Crippen LogP) is 9.58. The largest absolute Gasteiger partial charge is 0.494 e. The first-order chi connectivity index (χ1) is 29.7. The summed E-state index contributed by atoms with van der Waals surface area (Å²) >= 11 is 0. The Morgan fingerprint density at radius 3 is 2.16 bits per heavy atom. The minimum atomic E-state index is -2.28. The number of aromatic nitrogens is 1. The molecule has 62 heavy (non-hydrogen) atoms. The van der Waals surface area contributed by atoms with Crippen LogP contribution in [0, 0.1) is 0 Å². The van der Waals surface area contributed by atoms with Gasteiger partial charge in [-0.25, -0.2) is 4.79 Å². The van der Waals surface area contributed by atoms with E-state index in [0.29, 0.717) is 48.0 Å². The Labute approximate surface area is 364 Å². The highest BCUT2D eigenvalue weighted by Gasteiger charge is 2.41. The Bertz CT molecular complexity index is 2490. The maximum atomic E-state index is 13.1. The monoisotopic (exact) mass is 855 g/mol. The fourth-order valence-electron chi connectivity index (χ4n) is 6.90. The molecule has 2 unspecified atom stereocenters. The molecule has 6 aromatic rings. The first-order valence-electron chi connectivity index (χ1n) is 21.0. The highest BCUT2D eigenvalue weighted by atomic mass is 28.4. The number of ether oxygens (including phenoxy) is 2. The molecule has 12 heteroatoms. The number of unbranched alkanes of at least 4 members (excludes halogenated alkanes) is 2. The molecule has 0 aliphatic heterocycles. The van der Waals surface area contributed by atoms with Crippen molar-refractivity contribution in [2.24, 2.45) is 0 Å². The standard InChI is InChI=1S/C50H57N3O8Si/c1-49(2,3)62(4,5)61-44(41-26-28-43(46-42(41)27-29-45(54)53-46)60-34-35-16-9-6-10-17-35)33-51-30-13-8-14-31-59-40-24-22-36(23-25-40)47(55)52-39-21-15-20-38(32-39)50(58,48(56)57)37-18-11-7-12-19-37/h6-7,9-12,15-29,32,44,51,58H,8,13-14,30-31,33-34H2,1-5H3,(H,52,55)(H,53,54)(H,56,57). The summed E-state index contributed by atoms with van der Waals surface area (Å²) in [5, 5.41) is 28.5. The molecule has 6 rings (SSSR count). The van der Waals surface area contributed by atoms with Crippen LogP contribution in [0.1, 0.15) is 78.7 Å². The van der Waals surface area contributed by atoms with Gasteiger partial charge >= 0.3 is 5.97 Å². The molecule has 5 N–H and O–H groups in total. The number of carbonyl (C=O) groups is 2. The average Bonchev–Trinajstić information content (AvgIpc) is 3.26. The van der Waals surface area contributed by atoms with Gasteiger partial charge in [0, 0.05) is 34.8 Å². The molecule has 0 spiro atoms. The van der Waals surface area contributed by atoms with Crippen LogP contribution in [0.4, 0.5) is 5.69 Å². The predicted molar refractivity (Wildman–Crippen MR) is 246 cm³/mol. The van der Waals surface area contributed by atoms with Gasteiger partial charge in [-0.1, -0.05) is 99.6 Å². The summed E-state index contributed by atoms with van der Waals surface area (Å²) in [6.07, 6.45) is 2.48. The highest BCUT2D eigenvalue weighted by Crippen LogP contribution is 2.41. The van der Waals surface area contributed by atoms with Gasteiger partial charge in [0.15, 0.2) is 8.32 Å². The molecule has 0 aliphatic rings. The smallest absolute Gasteiger partial charge is 0.345 e. The zero-order chi connectivity index (χ0) is 44.3. The van der Waals surface area contributed by atoms with Gasteiger partial charge in [0.05, 0.1) is 18.2 Å². The third kappa shape index (κ3) is 11.2. The molecule has 0 fully saturated rings. The van der Waals surface area contributed by atoms with Gasteiger partial charge < -0.3 is 39.7 Å². The molecule has 1 aromatic heterocycles. The number of carbonyl (C=O) groups excluding carboxylic acids is 1. The topological polar surface area (TPSA) is 159 Å². The summed E-state index contributed by atoms with van der Waals surface area (Å²) in [5.41, 5.74) is 1.29. The maximum Gasteiger partial charge on any atom is 0.345 e. The van der Waals surface area contributed by atoms with Crippen molar-refractivity contribution in [1.29, 1.82) is 0 Å². The Balaban J connectivity index is 0.997. The second kappa shape index (κ2) is 20.2. The van der Waals surface area contributed by atoms with E-state index in [4.69, 9.17) is 13.9 Å². The number of rotatable bonds is 20. The van der Waals surface area contributed by atoms with Crippen molar-refractivity contribution >= 4 is 36.8 Å². The van der Waals surface area contributed by atoms with Gasteiger partial charge in [0.1, 0.15) is 18.1 Å². The number of amides is 1. The molecule has 11 nitrogen and oxygen atoms in total. The maximum absolute atomic E-state index is 13.1. The van der Waals surface area contributed by atoms with E-state index in [1.54, 1.807) is 72.8 Å². The molecule has 2 atom stereocenters. The van der Waals surface area contributed by atoms with Gasteiger partial charge in [-0.05, 0) is 109 Å². The molecule has 0 saturated carbocycles. The van der Waals surface area contributed by atoms with Crippen molar-refractivity contribution in [1.82, 2.24) is 10.3 Å². The molecule has 0 saturated heterocycles. The van der Waals surface area contributed by atoms with Crippen molar-refractivity contribution < 1.29 is 33.7 Å². The summed E-state index contributed by atoms with van der Waals surface area (Å²) in [4.78, 5) is 40.9. The zero-order valence-electron chi connectivity index (χ0n) is 36.1. The molecule has 0 bridgehead atoms. The number of carboxylic acid groups (broad SMARTS) is 1. The number of H-pyrrole nitrogens is 1. The number of aliphatic hydroxyl groups is 1. The van der Waals surface area contributed by atoms with Crippen LogP contribution in [-0.4, -0.2) is 55.1 Å². The Hall–Kier alpha value is -6.05. The third-order valence-corrected chi connectivity index (χ3v) is 16.0. The number of aromatic amines is 1. The molecule has 5 aromatic carbocycles. The Morgan fingerprint density at radius 2 is 1.47 bits per heavy atom. The van der Waals surface area contributed by atoms with E-state index in [9.17, 15) is 24.6 Å². The lowest BCUT2D eigenvalue weighted by molar-refractivity contribution is -0.155. The number of benzene rings is 5. The number of anilines is 1. The number of fused-ring (bicyclic) bond motifs is 1. The summed E-state index contributed by atoms with van der Waals surface area (Å²) in [5.74, 6) is -0.545. The van der Waals surface area contributed by atoms with Crippen molar-refractivity contribution in [3.05, 3.63) is 172 Å². The fraction of sp³-hybridized carbons (Fsp3) is 0.300. The highest BCUT2D eigenvalue weighted by molar-refractivity contribution is 6.74. The lowest BCUT2D eigenvalue weighted by Crippen LogP contribution is -2.43. The van der Waals surface area contributed by atoms with Crippen LogP contribution in [0.25, 0.3) is 10.9 Å². The van der Waals surface area contributed by atoms with Crippen LogP contribution in [0.5, 0.6) is 11.5 Å². The van der Waals surface area contributed by atoms with E-state index >= 15 is 0 Å². The fourth-order valence-corrected chi connectivity index (χ4v) is 8.18. The first kappa shape index (κ1) is 45.5. The lowest BCUT2D eigenvalue weighted by atomic mass is 9.86. The zero-order valence-corrected chi connectivity index (χ0v) is 37.1. The molecule has 0 radical (unpaired) electrons. The molecular formula is C50H57N3O8Si. The van der Waals surface area contributed by atoms with Crippen LogP contribution in [0.15, 0.2) is 138 Å². The minimum Gasteiger partial charge on any atom is -0.494 e. The summed E-state index contributed by atoms with van der Waals surface area (Å²) in [6.45, 7) is 13.5. The van der Waals surface area contributed by atoms with Crippen molar-refractivity contribution in [3.8, 4) is 11.5 Å². The van der Waals surface area contributed by atoms with Gasteiger partial charge in [0.2, 0.25) is 11.2 Å². The van der Waals surface area contributed by atoms with E-state index < -0.39 is 19.9 Å². The van der Waals surface area contributed by atoms with Crippen LogP contribution in [0.3, 0.4) is 0 Å². The second-order valence-electron chi connectivity index (χ2n) is 17.0. The molecule has 1 heterocycles. The number of hydrogen-bond acceptors (Lipinski definition) is 8. The number of carboxylic acids is 1. The van der Waals surface area contributed by atoms with E-state index in [1.165, 1.54) is 12.1 Å². The van der Waals surface area contributed by atoms with E-state index in [0.717, 1.165) is 42.3 Å². The van der Waals surface area contributed by atoms with Crippen LogP contribution in [0.2, 0.25) is 18.1 Å². The quantitative estimate of drug-likeness (QED) is 0.0372. The molecular weight excluding hydrogens is 799 g/mol. The van der Waals surface area contributed by atoms with E-state index in [1.807, 2.05) is 42.5 Å². The molecule has 0 aliphatic carbocycles. The van der Waals surface area contributed by atoms with Crippen LogP contribution in [-0.2, 0) is 21.4 Å². The summed E-state index contributed by atoms with van der Waals surface area (Å²) in [6, 6.07) is 38.5. The van der Waals surface area contributed by atoms with E-state index in [-0.39, 0.29) is 33.7 Å². The summed E-state index contributed by atoms with van der Waals surface area (Å²) in [7, 11) is -2.20. The van der Waals surface area contributed by atoms with Crippen molar-refractivity contribution in [2.45, 2.75) is 76.5 Å². The normalized spacial score (nSPS) is 13.3. The number of aliphatic carboxylic acids is 1. The molecule has 1 amide bonds. The van der Waals surface area contributed by atoms with Crippen LogP contribution < -0.4 is 25.7 Å². The van der Waals surface area contributed by atoms with Crippen molar-refractivity contribution in [2.75, 3.05) is 25.0 Å². The van der Waals surface area contributed by atoms with Gasteiger partial charge in [0.25, 0.3) is 5.91 Å². The SMILES string of the molecule is CC(C)(C)[Si](C)(C)OC(CNCCCCCOc1ccc(C(=O)Nc2cccc(C(O)(C(=O)O)c3ccccc3)c2)cc1)c1ccc(OCc2ccccc2)c2[nH]c(=O)ccc12. The second-order valence-corrected chi connectivity index (χ2v) is 21.7. The summed E-state index contributed by atoms with van der Waals surface area (Å²) < 4.78 is 19.3. The number of pyridine rings is 1. The van der Waals surface area contributed by atoms with Crippen LogP contribution >= 0.6 is 0 Å². The van der Waals surface area contributed by atoms with Gasteiger partial charge in [-0.15, -0.1) is 0 Å². The van der Waals surface area contributed by atoms with Gasteiger partial charge in [-0.2, -0.15) is 0 Å². The van der Waals surface area contributed by atoms with Gasteiger partial charge in [-0.3, -0.25) is 9.59 Å². The Morgan fingerprint density at radius 1 is 0.774 bits per heavy atom.